The van der Waals surface area contributed by atoms with Gasteiger partial charge in [-0.25, -0.2) is 0 Å². The molecule has 2 aliphatic rings. The highest BCUT2D eigenvalue weighted by molar-refractivity contribution is 5.96. The van der Waals surface area contributed by atoms with Gasteiger partial charge in [0.1, 0.15) is 0 Å². The number of para-hydroxylation sites is 1. The molecule has 3 heteroatoms. The van der Waals surface area contributed by atoms with Crippen LogP contribution in [0.2, 0.25) is 0 Å². The molecular formula is C53H43NO2. The van der Waals surface area contributed by atoms with E-state index in [2.05, 4.69) is 202 Å². The molecule has 8 aromatic rings. The van der Waals surface area contributed by atoms with E-state index in [1.165, 1.54) is 55.3 Å². The van der Waals surface area contributed by atoms with Gasteiger partial charge in [-0.3, -0.25) is 0 Å². The van der Waals surface area contributed by atoms with Crippen molar-refractivity contribution in [2.45, 2.75) is 38.5 Å². The molecular weight excluding hydrogens is 683 g/mol. The van der Waals surface area contributed by atoms with Gasteiger partial charge in [-0.05, 0) is 104 Å². The Morgan fingerprint density at radius 3 is 1.66 bits per heavy atom. The summed E-state index contributed by atoms with van der Waals surface area (Å²) in [5.41, 5.74) is 15.1. The molecule has 1 aliphatic carbocycles. The molecule has 0 fully saturated rings. The SMILES string of the molecule is CC1(C)c2ccccc2C(C)(C)c2cc(N(c3ccc(-c4ccccc4)cc3)c3ccc4cc(-c5ccccc5)ccc4c3)c(-c3cccc4c3OCO4)cc21. The molecule has 0 bridgehead atoms. The Labute approximate surface area is 329 Å². The summed E-state index contributed by atoms with van der Waals surface area (Å²) in [5, 5.41) is 2.38. The van der Waals surface area contributed by atoms with Crippen LogP contribution in [0.3, 0.4) is 0 Å². The second-order valence-electron chi connectivity index (χ2n) is 16.1. The van der Waals surface area contributed by atoms with Gasteiger partial charge in [-0.15, -0.1) is 0 Å². The third-order valence-corrected chi connectivity index (χ3v) is 12.1. The van der Waals surface area contributed by atoms with Crippen LogP contribution in [0.5, 0.6) is 11.5 Å². The predicted molar refractivity (Wildman–Crippen MR) is 232 cm³/mol. The molecule has 0 saturated carbocycles. The summed E-state index contributed by atoms with van der Waals surface area (Å²) in [6, 6.07) is 64.0. The summed E-state index contributed by atoms with van der Waals surface area (Å²) >= 11 is 0. The van der Waals surface area contributed by atoms with Crippen LogP contribution in [0.25, 0.3) is 44.2 Å². The lowest BCUT2D eigenvalue weighted by atomic mass is 9.59. The minimum absolute atomic E-state index is 0.207. The van der Waals surface area contributed by atoms with Crippen LogP contribution in [-0.4, -0.2) is 6.79 Å². The van der Waals surface area contributed by atoms with E-state index in [4.69, 9.17) is 9.47 Å². The minimum Gasteiger partial charge on any atom is -0.454 e. The second kappa shape index (κ2) is 13.0. The Morgan fingerprint density at radius 2 is 0.964 bits per heavy atom. The van der Waals surface area contributed by atoms with E-state index in [-0.39, 0.29) is 17.6 Å². The summed E-state index contributed by atoms with van der Waals surface area (Å²) < 4.78 is 12.2. The maximum atomic E-state index is 6.25. The average molecular weight is 726 g/mol. The standard InChI is InChI=1S/C53H43NO2/c1-52(2)45-19-11-12-20-46(45)53(3,4)48-33-49(44(32-47(48)52)43-18-13-21-50-51(43)56-34-55-50)54(41-27-24-37(25-28-41)35-14-7-5-8-15-35)42-29-26-39-30-38(22-23-40(39)31-42)36-16-9-6-10-17-36/h5-33H,34H2,1-4H3. The molecule has 0 unspecified atom stereocenters. The Morgan fingerprint density at radius 1 is 0.411 bits per heavy atom. The van der Waals surface area contributed by atoms with Gasteiger partial charge in [0, 0.05) is 33.3 Å². The van der Waals surface area contributed by atoms with Crippen molar-refractivity contribution in [2.75, 3.05) is 11.7 Å². The van der Waals surface area contributed by atoms with Gasteiger partial charge in [0.2, 0.25) is 6.79 Å². The van der Waals surface area contributed by atoms with Crippen LogP contribution in [0, 0.1) is 0 Å². The van der Waals surface area contributed by atoms with Crippen LogP contribution in [0.15, 0.2) is 176 Å². The first kappa shape index (κ1) is 33.9. The highest BCUT2D eigenvalue weighted by Crippen LogP contribution is 2.55. The number of anilines is 3. The van der Waals surface area contributed by atoms with Gasteiger partial charge in [0.15, 0.2) is 11.5 Å². The van der Waals surface area contributed by atoms with Crippen molar-refractivity contribution in [1.29, 1.82) is 0 Å². The van der Waals surface area contributed by atoms with Crippen molar-refractivity contribution >= 4 is 27.8 Å². The summed E-state index contributed by atoms with van der Waals surface area (Å²) in [6.45, 7) is 9.69. The molecule has 0 radical (unpaired) electrons. The number of benzene rings is 8. The molecule has 0 aromatic heterocycles. The highest BCUT2D eigenvalue weighted by Gasteiger charge is 2.43. The number of rotatable bonds is 6. The van der Waals surface area contributed by atoms with Gasteiger partial charge in [-0.1, -0.05) is 155 Å². The van der Waals surface area contributed by atoms with Gasteiger partial charge in [-0.2, -0.15) is 0 Å². The third-order valence-electron chi connectivity index (χ3n) is 12.1. The van der Waals surface area contributed by atoms with Crippen LogP contribution < -0.4 is 14.4 Å². The van der Waals surface area contributed by atoms with Crippen molar-refractivity contribution in [3.8, 4) is 44.9 Å². The number of nitrogens with zero attached hydrogens (tertiary/aromatic N) is 1. The zero-order valence-electron chi connectivity index (χ0n) is 32.2. The normalized spacial score (nSPS) is 14.6. The molecule has 10 rings (SSSR count). The molecule has 272 valence electrons. The molecule has 0 N–H and O–H groups in total. The summed E-state index contributed by atoms with van der Waals surface area (Å²) in [7, 11) is 0. The van der Waals surface area contributed by atoms with Crippen LogP contribution in [0.4, 0.5) is 17.1 Å². The summed E-state index contributed by atoms with van der Waals surface area (Å²) in [5.74, 6) is 1.56. The maximum absolute atomic E-state index is 6.25. The van der Waals surface area contributed by atoms with Crippen molar-refractivity contribution in [3.63, 3.8) is 0 Å². The third kappa shape index (κ3) is 5.49. The summed E-state index contributed by atoms with van der Waals surface area (Å²) in [6.07, 6.45) is 0. The maximum Gasteiger partial charge on any atom is 0.231 e. The Kier molecular flexibility index (Phi) is 7.90. The van der Waals surface area contributed by atoms with E-state index >= 15 is 0 Å². The number of fused-ring (bicyclic) bond motifs is 4. The molecule has 8 aromatic carbocycles. The molecule has 0 saturated heterocycles. The first-order valence-corrected chi connectivity index (χ1v) is 19.5. The van der Waals surface area contributed by atoms with E-state index in [9.17, 15) is 0 Å². The van der Waals surface area contributed by atoms with Crippen molar-refractivity contribution in [3.05, 3.63) is 198 Å². The lowest BCUT2D eigenvalue weighted by Gasteiger charge is -2.45. The first-order valence-electron chi connectivity index (χ1n) is 19.5. The molecule has 1 heterocycles. The molecule has 1 aliphatic heterocycles. The lowest BCUT2D eigenvalue weighted by Crippen LogP contribution is -2.36. The van der Waals surface area contributed by atoms with E-state index < -0.39 is 0 Å². The fraction of sp³-hybridized carbons (Fsp3) is 0.132. The van der Waals surface area contributed by atoms with Crippen LogP contribution >= 0.6 is 0 Å². The average Bonchev–Trinajstić information content (AvgIpc) is 3.74. The Bertz CT molecular complexity index is 2770. The molecule has 0 spiro atoms. The van der Waals surface area contributed by atoms with E-state index in [0.29, 0.717) is 0 Å². The van der Waals surface area contributed by atoms with Gasteiger partial charge < -0.3 is 14.4 Å². The lowest BCUT2D eigenvalue weighted by molar-refractivity contribution is 0.174. The van der Waals surface area contributed by atoms with E-state index in [1.807, 2.05) is 6.07 Å². The van der Waals surface area contributed by atoms with E-state index in [1.54, 1.807) is 0 Å². The number of hydrogen-bond acceptors (Lipinski definition) is 3. The molecule has 3 nitrogen and oxygen atoms in total. The van der Waals surface area contributed by atoms with Crippen LogP contribution in [-0.2, 0) is 10.8 Å². The predicted octanol–water partition coefficient (Wildman–Crippen LogP) is 14.0. The molecule has 0 atom stereocenters. The van der Waals surface area contributed by atoms with Gasteiger partial charge in [0.05, 0.1) is 5.69 Å². The summed E-state index contributed by atoms with van der Waals surface area (Å²) in [4.78, 5) is 2.44. The zero-order chi connectivity index (χ0) is 38.0. The highest BCUT2D eigenvalue weighted by atomic mass is 16.7. The van der Waals surface area contributed by atoms with Crippen molar-refractivity contribution in [2.24, 2.45) is 0 Å². The van der Waals surface area contributed by atoms with Crippen LogP contribution in [0.1, 0.15) is 49.9 Å². The minimum atomic E-state index is -0.243. The topological polar surface area (TPSA) is 21.7 Å². The fourth-order valence-electron chi connectivity index (χ4n) is 9.07. The van der Waals surface area contributed by atoms with E-state index in [0.717, 1.165) is 39.7 Å². The molecule has 56 heavy (non-hydrogen) atoms. The number of hydrogen-bond donors (Lipinski definition) is 0. The fourth-order valence-corrected chi connectivity index (χ4v) is 9.07. The zero-order valence-corrected chi connectivity index (χ0v) is 32.2. The largest absolute Gasteiger partial charge is 0.454 e. The molecule has 0 amide bonds. The monoisotopic (exact) mass is 725 g/mol. The number of ether oxygens (including phenoxy) is 2. The van der Waals surface area contributed by atoms with Crippen molar-refractivity contribution < 1.29 is 9.47 Å². The Hall–Kier alpha value is -6.58. The smallest absolute Gasteiger partial charge is 0.231 e. The first-order chi connectivity index (χ1) is 27.3. The Balaban J connectivity index is 1.24. The van der Waals surface area contributed by atoms with Gasteiger partial charge in [0.25, 0.3) is 0 Å². The second-order valence-corrected chi connectivity index (χ2v) is 16.1. The van der Waals surface area contributed by atoms with Crippen molar-refractivity contribution in [1.82, 2.24) is 0 Å². The van der Waals surface area contributed by atoms with Gasteiger partial charge >= 0.3 is 0 Å². The quantitative estimate of drug-likeness (QED) is 0.170.